The molecule has 0 fully saturated rings. The van der Waals surface area contributed by atoms with Gasteiger partial charge in [0.2, 0.25) is 0 Å². The van der Waals surface area contributed by atoms with E-state index in [-0.39, 0.29) is 22.9 Å². The molecule has 0 saturated heterocycles. The van der Waals surface area contributed by atoms with Gasteiger partial charge in [0.05, 0.1) is 18.3 Å². The zero-order chi connectivity index (χ0) is 18.0. The van der Waals surface area contributed by atoms with Gasteiger partial charge in [-0.25, -0.2) is 4.79 Å². The Labute approximate surface area is 141 Å². The molecule has 0 N–H and O–H groups in total. The van der Waals surface area contributed by atoms with E-state index in [9.17, 15) is 4.79 Å². The van der Waals surface area contributed by atoms with Gasteiger partial charge in [0.1, 0.15) is 5.75 Å². The standard InChI is InChI=1S/C20H32O3/c1-10-22-18(21)14-11-15(19(4,5)6)17(23-13(2)3)16(12-14)20(7,8)9/h11-13H,10H2,1-9H3. The first-order valence-corrected chi connectivity index (χ1v) is 8.40. The van der Waals surface area contributed by atoms with E-state index < -0.39 is 0 Å². The van der Waals surface area contributed by atoms with Crippen molar-refractivity contribution < 1.29 is 14.3 Å². The van der Waals surface area contributed by atoms with Crippen molar-refractivity contribution in [2.75, 3.05) is 6.61 Å². The molecule has 0 aliphatic rings. The molecule has 0 radical (unpaired) electrons. The molecule has 0 bridgehead atoms. The van der Waals surface area contributed by atoms with Crippen LogP contribution < -0.4 is 4.74 Å². The Hall–Kier alpha value is -1.51. The monoisotopic (exact) mass is 320 g/mol. The minimum Gasteiger partial charge on any atom is -0.490 e. The Bertz CT molecular complexity index is 522. The summed E-state index contributed by atoms with van der Waals surface area (Å²) in [6, 6.07) is 3.84. The summed E-state index contributed by atoms with van der Waals surface area (Å²) in [6.07, 6.45) is 0.0747. The van der Waals surface area contributed by atoms with Gasteiger partial charge in [-0.1, -0.05) is 41.5 Å². The Morgan fingerprint density at radius 2 is 1.43 bits per heavy atom. The number of esters is 1. The Kier molecular flexibility index (Phi) is 5.89. The van der Waals surface area contributed by atoms with Crippen molar-refractivity contribution in [2.45, 2.75) is 79.2 Å². The molecule has 0 amide bonds. The molecule has 0 spiro atoms. The number of hydrogen-bond acceptors (Lipinski definition) is 3. The minimum atomic E-state index is -0.278. The quantitative estimate of drug-likeness (QED) is 0.711. The normalized spacial score (nSPS) is 12.4. The van der Waals surface area contributed by atoms with E-state index in [4.69, 9.17) is 9.47 Å². The summed E-state index contributed by atoms with van der Waals surface area (Å²) in [5.74, 6) is 0.618. The first-order chi connectivity index (χ1) is 10.4. The van der Waals surface area contributed by atoms with Crippen LogP contribution in [-0.2, 0) is 15.6 Å². The van der Waals surface area contributed by atoms with Gasteiger partial charge in [0, 0.05) is 11.1 Å². The number of ether oxygens (including phenoxy) is 2. The highest BCUT2D eigenvalue weighted by atomic mass is 16.5. The predicted molar refractivity (Wildman–Crippen MR) is 95.6 cm³/mol. The van der Waals surface area contributed by atoms with E-state index in [1.54, 1.807) is 0 Å². The largest absolute Gasteiger partial charge is 0.490 e. The highest BCUT2D eigenvalue weighted by Gasteiger charge is 2.29. The fourth-order valence-corrected chi connectivity index (χ4v) is 2.44. The van der Waals surface area contributed by atoms with Crippen molar-refractivity contribution in [3.05, 3.63) is 28.8 Å². The topological polar surface area (TPSA) is 35.5 Å². The van der Waals surface area contributed by atoms with Crippen LogP contribution in [0.4, 0.5) is 0 Å². The second-order valence-corrected chi connectivity index (χ2v) is 8.29. The molecular weight excluding hydrogens is 288 g/mol. The van der Waals surface area contributed by atoms with Gasteiger partial charge in [-0.2, -0.15) is 0 Å². The van der Waals surface area contributed by atoms with Crippen LogP contribution in [0.2, 0.25) is 0 Å². The summed E-state index contributed by atoms with van der Waals surface area (Å²) in [5, 5.41) is 0. The molecule has 1 aromatic rings. The van der Waals surface area contributed by atoms with E-state index in [0.29, 0.717) is 12.2 Å². The number of hydrogen-bond donors (Lipinski definition) is 0. The molecule has 3 heteroatoms. The summed E-state index contributed by atoms with van der Waals surface area (Å²) in [7, 11) is 0. The molecule has 0 aromatic heterocycles. The van der Waals surface area contributed by atoms with Crippen LogP contribution in [0, 0.1) is 0 Å². The lowest BCUT2D eigenvalue weighted by Crippen LogP contribution is -2.23. The molecule has 0 saturated carbocycles. The maximum absolute atomic E-state index is 12.3. The van der Waals surface area contributed by atoms with Crippen molar-refractivity contribution in [1.29, 1.82) is 0 Å². The molecule has 0 atom stereocenters. The Balaban J connectivity index is 3.68. The average molecular weight is 320 g/mol. The van der Waals surface area contributed by atoms with Crippen LogP contribution in [0.1, 0.15) is 83.8 Å². The molecule has 3 nitrogen and oxygen atoms in total. The highest BCUT2D eigenvalue weighted by molar-refractivity contribution is 5.90. The molecular formula is C20H32O3. The molecule has 23 heavy (non-hydrogen) atoms. The maximum atomic E-state index is 12.3. The summed E-state index contributed by atoms with van der Waals surface area (Å²) >= 11 is 0. The predicted octanol–water partition coefficient (Wildman–Crippen LogP) is 5.25. The number of benzene rings is 1. The molecule has 0 aliphatic heterocycles. The van der Waals surface area contributed by atoms with Gasteiger partial charge >= 0.3 is 5.97 Å². The molecule has 0 unspecified atom stereocenters. The smallest absolute Gasteiger partial charge is 0.338 e. The van der Waals surface area contributed by atoms with Crippen molar-refractivity contribution in [3.63, 3.8) is 0 Å². The second kappa shape index (κ2) is 6.94. The Morgan fingerprint density at radius 1 is 1.00 bits per heavy atom. The van der Waals surface area contributed by atoms with Gasteiger partial charge in [0.25, 0.3) is 0 Å². The summed E-state index contributed by atoms with van der Waals surface area (Å²) in [4.78, 5) is 12.3. The zero-order valence-corrected chi connectivity index (χ0v) is 16.2. The maximum Gasteiger partial charge on any atom is 0.338 e. The van der Waals surface area contributed by atoms with Crippen molar-refractivity contribution in [3.8, 4) is 5.75 Å². The summed E-state index contributed by atoms with van der Waals surface area (Å²) in [6.45, 7) is 19.1. The zero-order valence-electron chi connectivity index (χ0n) is 16.2. The van der Waals surface area contributed by atoms with Crippen LogP contribution in [-0.4, -0.2) is 18.7 Å². The van der Waals surface area contributed by atoms with Gasteiger partial charge in [0.15, 0.2) is 0 Å². The third-order valence-electron chi connectivity index (χ3n) is 3.57. The lowest BCUT2D eigenvalue weighted by molar-refractivity contribution is 0.0526. The van der Waals surface area contributed by atoms with Gasteiger partial charge in [-0.3, -0.25) is 0 Å². The van der Waals surface area contributed by atoms with Crippen LogP contribution in [0.3, 0.4) is 0 Å². The van der Waals surface area contributed by atoms with Gasteiger partial charge in [-0.05, 0) is 43.7 Å². The lowest BCUT2D eigenvalue weighted by atomic mass is 9.78. The van der Waals surface area contributed by atoms with Crippen LogP contribution in [0.5, 0.6) is 5.75 Å². The fraction of sp³-hybridized carbons (Fsp3) is 0.650. The van der Waals surface area contributed by atoms with Crippen LogP contribution in [0.25, 0.3) is 0 Å². The highest BCUT2D eigenvalue weighted by Crippen LogP contribution is 2.41. The van der Waals surface area contributed by atoms with Crippen molar-refractivity contribution in [2.24, 2.45) is 0 Å². The van der Waals surface area contributed by atoms with E-state index >= 15 is 0 Å². The van der Waals surface area contributed by atoms with E-state index in [2.05, 4.69) is 41.5 Å². The minimum absolute atomic E-state index is 0.0747. The number of carbonyl (C=O) groups excluding carboxylic acids is 1. The van der Waals surface area contributed by atoms with Crippen LogP contribution in [0.15, 0.2) is 12.1 Å². The second-order valence-electron chi connectivity index (χ2n) is 8.29. The van der Waals surface area contributed by atoms with E-state index in [1.165, 1.54) is 0 Å². The van der Waals surface area contributed by atoms with Crippen LogP contribution >= 0.6 is 0 Å². The van der Waals surface area contributed by atoms with E-state index in [0.717, 1.165) is 16.9 Å². The first kappa shape index (κ1) is 19.5. The van der Waals surface area contributed by atoms with Crippen molar-refractivity contribution >= 4 is 5.97 Å². The Morgan fingerprint density at radius 3 is 1.74 bits per heavy atom. The first-order valence-electron chi connectivity index (χ1n) is 8.40. The molecule has 1 rings (SSSR count). The molecule has 1 aromatic carbocycles. The molecule has 0 heterocycles. The van der Waals surface area contributed by atoms with Gasteiger partial charge < -0.3 is 9.47 Å². The third-order valence-corrected chi connectivity index (χ3v) is 3.57. The van der Waals surface area contributed by atoms with E-state index in [1.807, 2.05) is 32.9 Å². The summed E-state index contributed by atoms with van der Waals surface area (Å²) in [5.41, 5.74) is 2.42. The van der Waals surface area contributed by atoms with Crippen molar-refractivity contribution in [1.82, 2.24) is 0 Å². The lowest BCUT2D eigenvalue weighted by Gasteiger charge is -2.31. The third kappa shape index (κ3) is 4.98. The van der Waals surface area contributed by atoms with Gasteiger partial charge in [-0.15, -0.1) is 0 Å². The SMILES string of the molecule is CCOC(=O)c1cc(C(C)(C)C)c(OC(C)C)c(C(C)(C)C)c1. The summed E-state index contributed by atoms with van der Waals surface area (Å²) < 4.78 is 11.4. The average Bonchev–Trinajstić information content (AvgIpc) is 2.35. The number of carbonyl (C=O) groups is 1. The molecule has 0 aliphatic carbocycles. The number of rotatable bonds is 4. The molecule has 130 valence electrons. The fourth-order valence-electron chi connectivity index (χ4n) is 2.44.